The first-order chi connectivity index (χ1) is 22.6. The van der Waals surface area contributed by atoms with E-state index < -0.39 is 0 Å². The summed E-state index contributed by atoms with van der Waals surface area (Å²) in [6.45, 7) is 4.65. The highest BCUT2D eigenvalue weighted by atomic mass is 15.2. The van der Waals surface area contributed by atoms with Crippen molar-refractivity contribution in [1.82, 2.24) is 9.97 Å². The number of fused-ring (bicyclic) bond motifs is 6. The van der Waals surface area contributed by atoms with Crippen LogP contribution in [0.4, 0.5) is 17.1 Å². The number of rotatable bonds is 3. The minimum Gasteiger partial charge on any atom is -0.310 e. The Labute approximate surface area is 268 Å². The lowest BCUT2D eigenvalue weighted by Crippen LogP contribution is -2.30. The lowest BCUT2D eigenvalue weighted by molar-refractivity contribution is 0.632. The fourth-order valence-corrected chi connectivity index (χ4v) is 7.51. The van der Waals surface area contributed by atoms with Crippen molar-refractivity contribution in [1.29, 1.82) is 0 Å². The SMILES string of the molecule is CC1(C)c2ccccc2N(c2ccc(-c3ccnc4c3ccc3c(-c5cccc6ccccc56)ccnc34)cc2)c2ccccc21. The van der Waals surface area contributed by atoms with Crippen LogP contribution in [0.5, 0.6) is 0 Å². The lowest BCUT2D eigenvalue weighted by Gasteiger charge is -2.42. The predicted octanol–water partition coefficient (Wildman–Crippen LogP) is 11.4. The molecule has 1 aliphatic rings. The van der Waals surface area contributed by atoms with Gasteiger partial charge in [-0.3, -0.25) is 9.97 Å². The molecule has 9 rings (SSSR count). The average Bonchev–Trinajstić information content (AvgIpc) is 3.11. The fourth-order valence-electron chi connectivity index (χ4n) is 7.51. The number of hydrogen-bond donors (Lipinski definition) is 0. The van der Waals surface area contributed by atoms with Gasteiger partial charge < -0.3 is 4.90 Å². The standard InChI is InChI=1S/C43H31N3/c1-43(2)37-14-5-7-16-39(37)46(40-17-8-6-15-38(40)43)30-20-18-29(19-21-30)32-24-26-44-41-35(32)22-23-36-34(25-27-45-42(36)41)33-13-9-11-28-10-3-4-12-31(28)33/h3-27H,1-2H3. The van der Waals surface area contributed by atoms with Crippen LogP contribution in [0.2, 0.25) is 0 Å². The van der Waals surface area contributed by atoms with E-state index in [-0.39, 0.29) is 5.41 Å². The predicted molar refractivity (Wildman–Crippen MR) is 192 cm³/mol. The number of hydrogen-bond acceptors (Lipinski definition) is 3. The molecule has 0 saturated carbocycles. The molecule has 0 radical (unpaired) electrons. The normalized spacial score (nSPS) is 13.6. The Morgan fingerprint density at radius 3 is 1.70 bits per heavy atom. The maximum absolute atomic E-state index is 4.88. The van der Waals surface area contributed by atoms with E-state index in [4.69, 9.17) is 9.97 Å². The van der Waals surface area contributed by atoms with Gasteiger partial charge in [0.2, 0.25) is 0 Å². The van der Waals surface area contributed by atoms with E-state index in [1.807, 2.05) is 12.4 Å². The van der Waals surface area contributed by atoms with E-state index in [9.17, 15) is 0 Å². The van der Waals surface area contributed by atoms with Gasteiger partial charge in [0.15, 0.2) is 0 Å². The summed E-state index contributed by atoms with van der Waals surface area (Å²) in [5.41, 5.74) is 12.7. The van der Waals surface area contributed by atoms with Gasteiger partial charge in [0.25, 0.3) is 0 Å². The Hall–Kier alpha value is -5.80. The summed E-state index contributed by atoms with van der Waals surface area (Å²) < 4.78 is 0. The number of nitrogens with zero attached hydrogens (tertiary/aromatic N) is 3. The Bertz CT molecular complexity index is 2400. The highest BCUT2D eigenvalue weighted by Gasteiger charge is 2.36. The van der Waals surface area contributed by atoms with Crippen molar-refractivity contribution in [3.05, 3.63) is 163 Å². The van der Waals surface area contributed by atoms with E-state index in [1.54, 1.807) is 0 Å². The molecule has 1 aliphatic heterocycles. The summed E-state index contributed by atoms with van der Waals surface area (Å²) >= 11 is 0. The number of aromatic nitrogens is 2. The van der Waals surface area contributed by atoms with Crippen molar-refractivity contribution in [3.8, 4) is 22.3 Å². The van der Waals surface area contributed by atoms with Crippen LogP contribution in [0.3, 0.4) is 0 Å². The Morgan fingerprint density at radius 1 is 0.457 bits per heavy atom. The van der Waals surface area contributed by atoms with Crippen LogP contribution >= 0.6 is 0 Å². The number of para-hydroxylation sites is 2. The van der Waals surface area contributed by atoms with E-state index >= 15 is 0 Å². The Balaban J connectivity index is 1.16. The van der Waals surface area contributed by atoms with Gasteiger partial charge in [-0.2, -0.15) is 0 Å². The maximum Gasteiger partial charge on any atom is 0.0970 e. The molecule has 0 saturated heterocycles. The third-order valence-corrected chi connectivity index (χ3v) is 9.77. The second-order valence-corrected chi connectivity index (χ2v) is 12.6. The molecule has 0 N–H and O–H groups in total. The molecule has 6 aromatic carbocycles. The van der Waals surface area contributed by atoms with Crippen LogP contribution in [-0.4, -0.2) is 9.97 Å². The summed E-state index contributed by atoms with van der Waals surface area (Å²) in [5.74, 6) is 0. The highest BCUT2D eigenvalue weighted by Crippen LogP contribution is 2.51. The second kappa shape index (κ2) is 10.1. The molecule has 2 aromatic heterocycles. The first-order valence-corrected chi connectivity index (χ1v) is 15.8. The minimum atomic E-state index is -0.0795. The van der Waals surface area contributed by atoms with Crippen molar-refractivity contribution in [2.24, 2.45) is 0 Å². The molecule has 0 aliphatic carbocycles. The molecule has 0 fully saturated rings. The first-order valence-electron chi connectivity index (χ1n) is 15.8. The van der Waals surface area contributed by atoms with Crippen molar-refractivity contribution < 1.29 is 0 Å². The fraction of sp³-hybridized carbons (Fsp3) is 0.0698. The maximum atomic E-state index is 4.88. The van der Waals surface area contributed by atoms with Gasteiger partial charge in [0.1, 0.15) is 0 Å². The Kier molecular flexibility index (Phi) is 5.85. The zero-order valence-corrected chi connectivity index (χ0v) is 25.8. The van der Waals surface area contributed by atoms with Crippen LogP contribution in [0.15, 0.2) is 152 Å². The summed E-state index contributed by atoms with van der Waals surface area (Å²) in [7, 11) is 0. The molecular formula is C43H31N3. The molecule has 3 heterocycles. The molecule has 0 bridgehead atoms. The van der Waals surface area contributed by atoms with Crippen molar-refractivity contribution in [2.75, 3.05) is 4.90 Å². The molecule has 0 spiro atoms. The van der Waals surface area contributed by atoms with Crippen molar-refractivity contribution >= 4 is 49.6 Å². The summed E-state index contributed by atoms with van der Waals surface area (Å²) in [6, 6.07) is 50.2. The summed E-state index contributed by atoms with van der Waals surface area (Å²) in [4.78, 5) is 12.1. The molecular weight excluding hydrogens is 558 g/mol. The van der Waals surface area contributed by atoms with E-state index in [1.165, 1.54) is 44.4 Å². The average molecular weight is 590 g/mol. The van der Waals surface area contributed by atoms with Gasteiger partial charge in [0, 0.05) is 34.3 Å². The summed E-state index contributed by atoms with van der Waals surface area (Å²) in [6.07, 6.45) is 3.83. The van der Waals surface area contributed by atoms with Gasteiger partial charge in [-0.1, -0.05) is 117 Å². The van der Waals surface area contributed by atoms with Gasteiger partial charge in [-0.05, 0) is 80.6 Å². The molecule has 46 heavy (non-hydrogen) atoms. The molecule has 3 heteroatoms. The largest absolute Gasteiger partial charge is 0.310 e. The van der Waals surface area contributed by atoms with Gasteiger partial charge in [-0.15, -0.1) is 0 Å². The molecule has 0 atom stereocenters. The van der Waals surface area contributed by atoms with E-state index in [2.05, 4.69) is 158 Å². The molecule has 0 amide bonds. The van der Waals surface area contributed by atoms with Gasteiger partial charge in [0.05, 0.1) is 22.4 Å². The van der Waals surface area contributed by atoms with Crippen LogP contribution < -0.4 is 4.90 Å². The highest BCUT2D eigenvalue weighted by molar-refractivity contribution is 6.13. The van der Waals surface area contributed by atoms with E-state index in [0.717, 1.165) is 38.6 Å². The first kappa shape index (κ1) is 26.6. The number of benzene rings is 6. The number of pyridine rings is 2. The monoisotopic (exact) mass is 589 g/mol. The topological polar surface area (TPSA) is 29.0 Å². The third kappa shape index (κ3) is 3.92. The van der Waals surface area contributed by atoms with Crippen LogP contribution in [0.1, 0.15) is 25.0 Å². The quantitative estimate of drug-likeness (QED) is 0.192. The molecule has 3 nitrogen and oxygen atoms in total. The smallest absolute Gasteiger partial charge is 0.0970 e. The zero-order valence-electron chi connectivity index (χ0n) is 25.8. The zero-order chi connectivity index (χ0) is 30.8. The van der Waals surface area contributed by atoms with Gasteiger partial charge in [-0.25, -0.2) is 0 Å². The van der Waals surface area contributed by atoms with Crippen molar-refractivity contribution in [3.63, 3.8) is 0 Å². The second-order valence-electron chi connectivity index (χ2n) is 12.6. The third-order valence-electron chi connectivity index (χ3n) is 9.77. The number of anilines is 3. The van der Waals surface area contributed by atoms with Crippen LogP contribution in [0, 0.1) is 0 Å². The van der Waals surface area contributed by atoms with Gasteiger partial charge >= 0.3 is 0 Å². The minimum absolute atomic E-state index is 0.0795. The van der Waals surface area contributed by atoms with E-state index in [0.29, 0.717) is 0 Å². The van der Waals surface area contributed by atoms with Crippen molar-refractivity contribution in [2.45, 2.75) is 19.3 Å². The Morgan fingerprint density at radius 2 is 1.00 bits per heavy atom. The molecule has 0 unspecified atom stereocenters. The summed E-state index contributed by atoms with van der Waals surface area (Å²) in [5, 5.41) is 4.68. The van der Waals surface area contributed by atoms with Crippen LogP contribution in [0.25, 0.3) is 54.8 Å². The van der Waals surface area contributed by atoms with Crippen LogP contribution in [-0.2, 0) is 5.41 Å². The lowest BCUT2D eigenvalue weighted by atomic mass is 9.73. The molecule has 8 aromatic rings. The molecule has 218 valence electrons.